The molecule has 0 bridgehead atoms. The minimum atomic E-state index is -0.0986. The van der Waals surface area contributed by atoms with Crippen LogP contribution in [-0.2, 0) is 4.79 Å². The standard InChI is InChI=1S/C13H11BrN4OS2/c1-7-2-3-8-9(4-7)17-13(16-8)20-6-11(19)18-12-15-5-10(14)21-12/h2-5H,6H2,1H3,(H,16,17)(H,15,18,19). The molecular formula is C13H11BrN4OS2. The molecule has 0 saturated heterocycles. The van der Waals surface area contributed by atoms with E-state index in [1.54, 1.807) is 6.20 Å². The number of aromatic amines is 1. The number of thiazole rings is 1. The normalized spacial score (nSPS) is 11.0. The fourth-order valence-corrected chi connectivity index (χ4v) is 3.58. The number of nitrogens with zero attached hydrogens (tertiary/aromatic N) is 2. The molecule has 21 heavy (non-hydrogen) atoms. The number of hydrogen-bond acceptors (Lipinski definition) is 5. The molecule has 0 atom stereocenters. The van der Waals surface area contributed by atoms with E-state index in [1.807, 2.05) is 25.1 Å². The van der Waals surface area contributed by atoms with Crippen molar-refractivity contribution in [2.75, 3.05) is 11.1 Å². The molecule has 0 saturated carbocycles. The van der Waals surface area contributed by atoms with Crippen molar-refractivity contribution in [2.24, 2.45) is 0 Å². The molecule has 0 radical (unpaired) electrons. The largest absolute Gasteiger partial charge is 0.333 e. The summed E-state index contributed by atoms with van der Waals surface area (Å²) in [6.45, 7) is 2.03. The van der Waals surface area contributed by atoms with Gasteiger partial charge in [-0.3, -0.25) is 4.79 Å². The lowest BCUT2D eigenvalue weighted by Gasteiger charge is -1.99. The molecule has 1 amide bonds. The topological polar surface area (TPSA) is 70.7 Å². The van der Waals surface area contributed by atoms with Gasteiger partial charge in [0.1, 0.15) is 0 Å². The van der Waals surface area contributed by atoms with Crippen LogP contribution in [-0.4, -0.2) is 26.6 Å². The van der Waals surface area contributed by atoms with Crippen LogP contribution in [0.3, 0.4) is 0 Å². The van der Waals surface area contributed by atoms with Crippen LogP contribution in [0.15, 0.2) is 33.3 Å². The van der Waals surface area contributed by atoms with Crippen molar-refractivity contribution in [3.05, 3.63) is 33.7 Å². The molecule has 2 N–H and O–H groups in total. The number of anilines is 1. The number of imidazole rings is 1. The second kappa shape index (κ2) is 6.17. The Morgan fingerprint density at radius 3 is 3.14 bits per heavy atom. The fraction of sp³-hybridized carbons (Fsp3) is 0.154. The first-order valence-corrected chi connectivity index (χ1v) is 8.70. The Hall–Kier alpha value is -1.38. The van der Waals surface area contributed by atoms with Gasteiger partial charge in [0.15, 0.2) is 10.3 Å². The van der Waals surface area contributed by atoms with Crippen molar-refractivity contribution < 1.29 is 4.79 Å². The number of halogens is 1. The molecule has 0 aliphatic heterocycles. The molecule has 8 heteroatoms. The highest BCUT2D eigenvalue weighted by molar-refractivity contribution is 9.11. The van der Waals surface area contributed by atoms with Gasteiger partial charge in [-0.05, 0) is 40.5 Å². The Kier molecular flexibility index (Phi) is 4.27. The highest BCUT2D eigenvalue weighted by atomic mass is 79.9. The van der Waals surface area contributed by atoms with Crippen molar-refractivity contribution in [1.29, 1.82) is 0 Å². The van der Waals surface area contributed by atoms with E-state index in [0.717, 1.165) is 20.0 Å². The maximum Gasteiger partial charge on any atom is 0.236 e. The number of carbonyl (C=O) groups excluding carboxylic acids is 1. The Balaban J connectivity index is 1.61. The van der Waals surface area contributed by atoms with Gasteiger partial charge >= 0.3 is 0 Å². The smallest absolute Gasteiger partial charge is 0.236 e. The van der Waals surface area contributed by atoms with Crippen LogP contribution in [0.4, 0.5) is 5.13 Å². The Morgan fingerprint density at radius 1 is 1.52 bits per heavy atom. The zero-order valence-corrected chi connectivity index (χ0v) is 14.2. The first-order valence-electron chi connectivity index (χ1n) is 6.10. The van der Waals surface area contributed by atoms with Crippen molar-refractivity contribution in [3.8, 4) is 0 Å². The Bertz CT molecular complexity index is 798. The molecule has 108 valence electrons. The summed E-state index contributed by atoms with van der Waals surface area (Å²) in [5.74, 6) is 0.189. The van der Waals surface area contributed by atoms with Crippen LogP contribution in [0.5, 0.6) is 0 Å². The maximum absolute atomic E-state index is 11.8. The van der Waals surface area contributed by atoms with Crippen LogP contribution in [0, 0.1) is 6.92 Å². The number of fused-ring (bicyclic) bond motifs is 1. The summed E-state index contributed by atoms with van der Waals surface area (Å²) in [6, 6.07) is 6.03. The van der Waals surface area contributed by atoms with Gasteiger partial charge in [0.2, 0.25) is 5.91 Å². The molecule has 0 aliphatic carbocycles. The third-order valence-electron chi connectivity index (χ3n) is 2.68. The Labute approximate surface area is 137 Å². The van der Waals surface area contributed by atoms with Gasteiger partial charge in [-0.2, -0.15) is 0 Å². The number of H-pyrrole nitrogens is 1. The minimum absolute atomic E-state index is 0.0986. The lowest BCUT2D eigenvalue weighted by Crippen LogP contribution is -2.13. The fourth-order valence-electron chi connectivity index (χ4n) is 1.77. The number of nitrogens with one attached hydrogen (secondary N) is 2. The molecule has 2 heterocycles. The lowest BCUT2D eigenvalue weighted by molar-refractivity contribution is -0.113. The van der Waals surface area contributed by atoms with Crippen LogP contribution in [0.1, 0.15) is 5.56 Å². The van der Waals surface area contributed by atoms with Gasteiger partial charge in [0.25, 0.3) is 0 Å². The molecule has 2 aromatic heterocycles. The zero-order chi connectivity index (χ0) is 14.8. The van der Waals surface area contributed by atoms with Crippen LogP contribution >= 0.6 is 39.0 Å². The third-order valence-corrected chi connectivity index (χ3v) is 4.94. The van der Waals surface area contributed by atoms with E-state index in [-0.39, 0.29) is 11.7 Å². The molecule has 0 spiro atoms. The average Bonchev–Trinajstić information content (AvgIpc) is 3.02. The van der Waals surface area contributed by atoms with E-state index in [4.69, 9.17) is 0 Å². The summed E-state index contributed by atoms with van der Waals surface area (Å²) in [7, 11) is 0. The van der Waals surface area contributed by atoms with E-state index in [1.165, 1.54) is 28.7 Å². The molecule has 3 aromatic rings. The predicted molar refractivity (Wildman–Crippen MR) is 90.0 cm³/mol. The summed E-state index contributed by atoms with van der Waals surface area (Å²) < 4.78 is 0.887. The van der Waals surface area contributed by atoms with Crippen LogP contribution in [0.2, 0.25) is 0 Å². The summed E-state index contributed by atoms with van der Waals surface area (Å²) in [4.78, 5) is 23.6. The van der Waals surface area contributed by atoms with Gasteiger partial charge in [-0.25, -0.2) is 9.97 Å². The van der Waals surface area contributed by atoms with Gasteiger partial charge in [0, 0.05) is 0 Å². The van der Waals surface area contributed by atoms with Crippen molar-refractivity contribution in [1.82, 2.24) is 15.0 Å². The number of carbonyl (C=O) groups is 1. The van der Waals surface area contributed by atoms with E-state index in [9.17, 15) is 4.79 Å². The van der Waals surface area contributed by atoms with Gasteiger partial charge in [0.05, 0.1) is 26.8 Å². The van der Waals surface area contributed by atoms with E-state index < -0.39 is 0 Å². The number of thioether (sulfide) groups is 1. The van der Waals surface area contributed by atoms with E-state index in [0.29, 0.717) is 5.13 Å². The highest BCUT2D eigenvalue weighted by Gasteiger charge is 2.09. The zero-order valence-electron chi connectivity index (χ0n) is 11.0. The summed E-state index contributed by atoms with van der Waals surface area (Å²) in [5.41, 5.74) is 3.07. The van der Waals surface area contributed by atoms with E-state index >= 15 is 0 Å². The number of aryl methyl sites for hydroxylation is 1. The molecule has 0 unspecified atom stereocenters. The van der Waals surface area contributed by atoms with Gasteiger partial charge in [-0.15, -0.1) is 0 Å². The van der Waals surface area contributed by atoms with Crippen molar-refractivity contribution in [2.45, 2.75) is 12.1 Å². The van der Waals surface area contributed by atoms with Gasteiger partial charge < -0.3 is 10.3 Å². The summed E-state index contributed by atoms with van der Waals surface area (Å²) in [5, 5.41) is 4.08. The Morgan fingerprint density at radius 2 is 2.38 bits per heavy atom. The highest BCUT2D eigenvalue weighted by Crippen LogP contribution is 2.24. The number of rotatable bonds is 4. The first kappa shape index (κ1) is 14.6. The monoisotopic (exact) mass is 382 g/mol. The number of aromatic nitrogens is 3. The van der Waals surface area contributed by atoms with Crippen molar-refractivity contribution >= 4 is 61.1 Å². The van der Waals surface area contributed by atoms with E-state index in [2.05, 4.69) is 36.2 Å². The SMILES string of the molecule is Cc1ccc2nc(SCC(=O)Nc3ncc(Br)s3)[nH]c2c1. The third kappa shape index (κ3) is 3.63. The quantitative estimate of drug-likeness (QED) is 0.672. The molecular weight excluding hydrogens is 372 g/mol. The molecule has 3 rings (SSSR count). The summed E-state index contributed by atoms with van der Waals surface area (Å²) in [6.07, 6.45) is 1.66. The second-order valence-corrected chi connectivity index (χ2v) is 7.74. The minimum Gasteiger partial charge on any atom is -0.333 e. The van der Waals surface area contributed by atoms with Gasteiger partial charge in [-0.1, -0.05) is 29.2 Å². The van der Waals surface area contributed by atoms with Crippen LogP contribution < -0.4 is 5.32 Å². The number of benzene rings is 1. The predicted octanol–water partition coefficient (Wildman–Crippen LogP) is 3.82. The molecule has 0 fully saturated rings. The second-order valence-electron chi connectivity index (χ2n) is 4.37. The van der Waals surface area contributed by atoms with Crippen molar-refractivity contribution in [3.63, 3.8) is 0 Å². The lowest BCUT2D eigenvalue weighted by atomic mass is 10.2. The maximum atomic E-state index is 11.8. The van der Waals surface area contributed by atoms with Crippen LogP contribution in [0.25, 0.3) is 11.0 Å². The average molecular weight is 383 g/mol. The molecule has 5 nitrogen and oxygen atoms in total. The molecule has 0 aliphatic rings. The first-order chi connectivity index (χ1) is 10.1. The molecule has 1 aromatic carbocycles. The summed E-state index contributed by atoms with van der Waals surface area (Å²) >= 11 is 6.06. The number of amides is 1. The number of hydrogen-bond donors (Lipinski definition) is 2.